The lowest BCUT2D eigenvalue weighted by atomic mass is 10.2. The average molecular weight is 297 g/mol. The van der Waals surface area contributed by atoms with Gasteiger partial charge in [-0.3, -0.25) is 0 Å². The molecule has 0 aromatic heterocycles. The van der Waals surface area contributed by atoms with Crippen molar-refractivity contribution in [3.05, 3.63) is 35.9 Å². The number of hydrogen-bond acceptors (Lipinski definition) is 6. The maximum Gasteiger partial charge on any atom is 0.411 e. The van der Waals surface area contributed by atoms with E-state index in [1.165, 1.54) is 19.1 Å². The van der Waals surface area contributed by atoms with Gasteiger partial charge < -0.3 is 25.0 Å². The second-order valence-electron chi connectivity index (χ2n) is 3.96. The molecule has 1 unspecified atom stereocenters. The number of carbonyl (C=O) groups is 3. The van der Waals surface area contributed by atoms with Gasteiger partial charge in [-0.2, -0.15) is 0 Å². The molecule has 0 aliphatic carbocycles. The van der Waals surface area contributed by atoms with E-state index < -0.39 is 37.0 Å². The number of esters is 1. The third-order valence-corrected chi connectivity index (χ3v) is 2.33. The van der Waals surface area contributed by atoms with Gasteiger partial charge >= 0.3 is 18.0 Å². The van der Waals surface area contributed by atoms with E-state index in [9.17, 15) is 14.4 Å². The Balaban J connectivity index is 2.46. The third kappa shape index (κ3) is 5.49. The summed E-state index contributed by atoms with van der Waals surface area (Å²) in [7, 11) is 0. The number of rotatable bonds is 6. The number of aliphatic hydroxyl groups is 1. The number of alkyl carbamates (subject to hydrolysis) is 1. The van der Waals surface area contributed by atoms with Gasteiger partial charge in [0.2, 0.25) is 6.29 Å². The highest BCUT2D eigenvalue weighted by Crippen LogP contribution is 2.04. The first-order valence-corrected chi connectivity index (χ1v) is 6.01. The molecular formula is C13H15NO7. The van der Waals surface area contributed by atoms with Gasteiger partial charge in [-0.1, -0.05) is 18.2 Å². The van der Waals surface area contributed by atoms with Crippen molar-refractivity contribution in [3.8, 4) is 0 Å². The second-order valence-corrected chi connectivity index (χ2v) is 3.96. The molecule has 1 amide bonds. The Morgan fingerprint density at radius 1 is 1.19 bits per heavy atom. The molecule has 0 spiro atoms. The van der Waals surface area contributed by atoms with Crippen LogP contribution in [-0.4, -0.2) is 47.2 Å². The van der Waals surface area contributed by atoms with Crippen LogP contribution in [0.1, 0.15) is 17.3 Å². The standard InChI is InChI=1S/C13H15NO7/c1-8(20-12(18)9-5-3-2-4-6-9)21-13(19)14-10(7-15)11(16)17/h2-6,8,10,15H,7H2,1H3,(H,14,19)(H,16,17)/t8?,10-/m1/s1. The molecule has 3 N–H and O–H groups in total. The van der Waals surface area contributed by atoms with E-state index in [1.54, 1.807) is 18.2 Å². The van der Waals surface area contributed by atoms with E-state index in [0.717, 1.165) is 0 Å². The number of aliphatic carboxylic acids is 1. The largest absolute Gasteiger partial charge is 0.480 e. The number of amides is 1. The maximum atomic E-state index is 11.7. The summed E-state index contributed by atoms with van der Waals surface area (Å²) in [6.07, 6.45) is -2.34. The van der Waals surface area contributed by atoms with Crippen LogP contribution in [0.25, 0.3) is 0 Å². The number of carboxylic acids is 1. The van der Waals surface area contributed by atoms with Crippen molar-refractivity contribution in [2.24, 2.45) is 0 Å². The molecule has 1 aromatic rings. The van der Waals surface area contributed by atoms with Crippen molar-refractivity contribution in [1.82, 2.24) is 5.32 Å². The number of carboxylic acid groups (broad SMARTS) is 1. The summed E-state index contributed by atoms with van der Waals surface area (Å²) in [6, 6.07) is 6.59. The van der Waals surface area contributed by atoms with Crippen LogP contribution in [-0.2, 0) is 14.3 Å². The SMILES string of the molecule is CC(OC(=O)N[C@H](CO)C(=O)O)OC(=O)c1ccccc1. The van der Waals surface area contributed by atoms with Crippen LogP contribution in [0.4, 0.5) is 4.79 Å². The van der Waals surface area contributed by atoms with E-state index in [1.807, 2.05) is 5.32 Å². The van der Waals surface area contributed by atoms with Gasteiger partial charge in [-0.05, 0) is 12.1 Å². The Kier molecular flexibility index (Phi) is 6.15. The minimum atomic E-state index is -1.49. The van der Waals surface area contributed by atoms with E-state index in [2.05, 4.69) is 4.74 Å². The summed E-state index contributed by atoms with van der Waals surface area (Å²) in [5.74, 6) is -2.10. The summed E-state index contributed by atoms with van der Waals surface area (Å²) in [5.41, 5.74) is 0.284. The van der Waals surface area contributed by atoms with Crippen molar-refractivity contribution >= 4 is 18.0 Å². The van der Waals surface area contributed by atoms with Crippen LogP contribution in [0.2, 0.25) is 0 Å². The first kappa shape index (κ1) is 16.4. The van der Waals surface area contributed by atoms with Gasteiger partial charge in [0.15, 0.2) is 6.04 Å². The molecule has 8 heteroatoms. The van der Waals surface area contributed by atoms with Crippen LogP contribution in [0.5, 0.6) is 0 Å². The van der Waals surface area contributed by atoms with Crippen LogP contribution < -0.4 is 5.32 Å². The molecule has 21 heavy (non-hydrogen) atoms. The summed E-state index contributed by atoms with van der Waals surface area (Å²) in [6.45, 7) is 0.512. The summed E-state index contributed by atoms with van der Waals surface area (Å²) in [4.78, 5) is 33.6. The molecule has 0 radical (unpaired) electrons. The molecule has 2 atom stereocenters. The Labute approximate surface area is 120 Å². The monoisotopic (exact) mass is 297 g/mol. The van der Waals surface area contributed by atoms with Crippen LogP contribution in [0.15, 0.2) is 30.3 Å². The zero-order valence-corrected chi connectivity index (χ0v) is 11.2. The summed E-state index contributed by atoms with van der Waals surface area (Å²) < 4.78 is 9.51. The van der Waals surface area contributed by atoms with Gasteiger partial charge in [0.25, 0.3) is 0 Å². The predicted molar refractivity (Wildman–Crippen MR) is 69.4 cm³/mol. The Hall–Kier alpha value is -2.61. The molecule has 0 saturated carbocycles. The zero-order valence-electron chi connectivity index (χ0n) is 11.2. The van der Waals surface area contributed by atoms with Crippen molar-refractivity contribution in [3.63, 3.8) is 0 Å². The molecule has 0 aliphatic heterocycles. The molecule has 8 nitrogen and oxygen atoms in total. The van der Waals surface area contributed by atoms with E-state index in [4.69, 9.17) is 14.9 Å². The molecule has 1 rings (SSSR count). The molecule has 0 aliphatic rings. The van der Waals surface area contributed by atoms with Crippen LogP contribution in [0, 0.1) is 0 Å². The van der Waals surface area contributed by atoms with Crippen LogP contribution >= 0.6 is 0 Å². The van der Waals surface area contributed by atoms with Gasteiger partial charge in [-0.15, -0.1) is 0 Å². The number of aliphatic hydroxyl groups excluding tert-OH is 1. The minimum absolute atomic E-state index is 0.284. The Morgan fingerprint density at radius 2 is 1.81 bits per heavy atom. The van der Waals surface area contributed by atoms with E-state index in [0.29, 0.717) is 0 Å². The highest BCUT2D eigenvalue weighted by molar-refractivity contribution is 5.89. The van der Waals surface area contributed by atoms with Gasteiger partial charge in [0, 0.05) is 6.92 Å². The van der Waals surface area contributed by atoms with Gasteiger partial charge in [0.05, 0.1) is 12.2 Å². The lowest BCUT2D eigenvalue weighted by Crippen LogP contribution is -2.44. The number of ether oxygens (including phenoxy) is 2. The quantitative estimate of drug-likeness (QED) is 0.512. The summed E-state index contributed by atoms with van der Waals surface area (Å²) >= 11 is 0. The lowest BCUT2D eigenvalue weighted by molar-refractivity contribution is -0.140. The van der Waals surface area contributed by atoms with Crippen molar-refractivity contribution in [1.29, 1.82) is 0 Å². The fourth-order valence-corrected chi connectivity index (χ4v) is 1.33. The predicted octanol–water partition coefficient (Wildman–Crippen LogP) is 0.361. The van der Waals surface area contributed by atoms with Crippen LogP contribution in [0.3, 0.4) is 0 Å². The normalized spacial score (nSPS) is 12.9. The molecule has 0 bridgehead atoms. The smallest absolute Gasteiger partial charge is 0.411 e. The van der Waals surface area contributed by atoms with Crippen molar-refractivity contribution in [2.75, 3.05) is 6.61 Å². The van der Waals surface area contributed by atoms with E-state index in [-0.39, 0.29) is 5.56 Å². The molecule has 114 valence electrons. The number of benzene rings is 1. The Bertz CT molecular complexity index is 503. The maximum absolute atomic E-state index is 11.7. The second kappa shape index (κ2) is 7.85. The molecule has 0 saturated heterocycles. The van der Waals surface area contributed by atoms with E-state index >= 15 is 0 Å². The van der Waals surface area contributed by atoms with Gasteiger partial charge in [0.1, 0.15) is 0 Å². The molecule has 1 aromatic carbocycles. The third-order valence-electron chi connectivity index (χ3n) is 2.33. The van der Waals surface area contributed by atoms with Gasteiger partial charge in [-0.25, -0.2) is 14.4 Å². The summed E-state index contributed by atoms with van der Waals surface area (Å²) in [5, 5.41) is 19.3. The first-order valence-electron chi connectivity index (χ1n) is 6.01. The number of carbonyl (C=O) groups excluding carboxylic acids is 2. The molecular weight excluding hydrogens is 282 g/mol. The molecule has 0 fully saturated rings. The van der Waals surface area contributed by atoms with Crippen molar-refractivity contribution in [2.45, 2.75) is 19.3 Å². The highest BCUT2D eigenvalue weighted by Gasteiger charge is 2.22. The first-order chi connectivity index (χ1) is 9.93. The lowest BCUT2D eigenvalue weighted by Gasteiger charge is -2.16. The number of hydrogen-bond donors (Lipinski definition) is 3. The average Bonchev–Trinajstić information content (AvgIpc) is 2.45. The topological polar surface area (TPSA) is 122 Å². The Morgan fingerprint density at radius 3 is 2.33 bits per heavy atom. The number of nitrogens with one attached hydrogen (secondary N) is 1. The fraction of sp³-hybridized carbons (Fsp3) is 0.308. The molecule has 0 heterocycles. The highest BCUT2D eigenvalue weighted by atomic mass is 16.7. The minimum Gasteiger partial charge on any atom is -0.480 e. The van der Waals surface area contributed by atoms with Crippen molar-refractivity contribution < 1.29 is 34.1 Å². The zero-order chi connectivity index (χ0) is 15.8. The fourth-order valence-electron chi connectivity index (χ4n) is 1.33.